The van der Waals surface area contributed by atoms with Crippen molar-refractivity contribution in [2.24, 2.45) is 0 Å². The van der Waals surface area contributed by atoms with Gasteiger partial charge in [-0.05, 0) is 25.0 Å². The molecule has 1 aliphatic rings. The first-order valence-electron chi connectivity index (χ1n) is 7.18. The lowest BCUT2D eigenvalue weighted by Crippen LogP contribution is -2.04. The van der Waals surface area contributed by atoms with Crippen molar-refractivity contribution in [3.8, 4) is 17.5 Å². The van der Waals surface area contributed by atoms with Crippen LogP contribution >= 0.6 is 0 Å². The first-order chi connectivity index (χ1) is 10.3. The van der Waals surface area contributed by atoms with Crippen LogP contribution in [0.1, 0.15) is 42.9 Å². The highest BCUT2D eigenvalue weighted by Crippen LogP contribution is 2.37. The number of ether oxygens (including phenoxy) is 1. The van der Waals surface area contributed by atoms with Gasteiger partial charge in [0.1, 0.15) is 28.9 Å². The number of hydrogen-bond donors (Lipinski definition) is 1. The van der Waals surface area contributed by atoms with Crippen LogP contribution in [-0.2, 0) is 0 Å². The largest absolute Gasteiger partial charge is 0.494 e. The lowest BCUT2D eigenvalue weighted by Gasteiger charge is -2.09. The Balaban J connectivity index is 2.13. The van der Waals surface area contributed by atoms with Crippen molar-refractivity contribution in [3.05, 3.63) is 35.5 Å². The van der Waals surface area contributed by atoms with Crippen molar-refractivity contribution in [2.75, 3.05) is 12.8 Å². The highest BCUT2D eigenvalue weighted by Gasteiger charge is 2.27. The quantitative estimate of drug-likeness (QED) is 0.938. The van der Waals surface area contributed by atoms with Crippen LogP contribution in [0.2, 0.25) is 0 Å². The predicted octanol–water partition coefficient (Wildman–Crippen LogP) is 2.99. The summed E-state index contributed by atoms with van der Waals surface area (Å²) in [5, 5.41) is 14.1. The number of methoxy groups -OCH3 is 1. The van der Waals surface area contributed by atoms with Crippen molar-refractivity contribution in [2.45, 2.75) is 31.6 Å². The monoisotopic (exact) mass is 282 g/mol. The average Bonchev–Trinajstić information content (AvgIpc) is 3.14. The summed E-state index contributed by atoms with van der Waals surface area (Å²) in [5.74, 6) is 1.43. The third kappa shape index (κ3) is 2.23. The molecule has 2 aromatic rings. The molecule has 0 radical (unpaired) electrons. The van der Waals surface area contributed by atoms with Crippen LogP contribution in [0.4, 0.5) is 5.82 Å². The average molecular weight is 282 g/mol. The second-order valence-corrected chi connectivity index (χ2v) is 5.32. The van der Waals surface area contributed by atoms with Crippen LogP contribution < -0.4 is 10.5 Å². The van der Waals surface area contributed by atoms with Crippen molar-refractivity contribution >= 4 is 5.82 Å². The topological polar surface area (TPSA) is 76.9 Å². The SMILES string of the molecule is COc1ccccc1-n1nc(C2CCCC2)c(C#N)c1N. The molecule has 0 atom stereocenters. The summed E-state index contributed by atoms with van der Waals surface area (Å²) in [6.45, 7) is 0. The van der Waals surface area contributed by atoms with E-state index in [1.807, 2.05) is 24.3 Å². The Hall–Kier alpha value is -2.48. The minimum Gasteiger partial charge on any atom is -0.494 e. The van der Waals surface area contributed by atoms with Gasteiger partial charge in [0.05, 0.1) is 12.8 Å². The van der Waals surface area contributed by atoms with E-state index >= 15 is 0 Å². The van der Waals surface area contributed by atoms with Crippen LogP contribution in [0.5, 0.6) is 5.75 Å². The number of hydrogen-bond acceptors (Lipinski definition) is 4. The van der Waals surface area contributed by atoms with Crippen molar-refractivity contribution < 1.29 is 4.74 Å². The van der Waals surface area contributed by atoms with Crippen molar-refractivity contribution in [1.82, 2.24) is 9.78 Å². The molecular formula is C16H18N4O. The molecule has 3 rings (SSSR count). The van der Waals surface area contributed by atoms with E-state index in [4.69, 9.17) is 10.5 Å². The van der Waals surface area contributed by atoms with Gasteiger partial charge in [-0.25, -0.2) is 4.68 Å². The van der Waals surface area contributed by atoms with Crippen LogP contribution in [0.25, 0.3) is 5.69 Å². The minimum absolute atomic E-state index is 0.345. The maximum atomic E-state index is 9.43. The normalized spacial score (nSPS) is 15.0. The van der Waals surface area contributed by atoms with Gasteiger partial charge in [-0.15, -0.1) is 0 Å². The molecule has 0 bridgehead atoms. The summed E-state index contributed by atoms with van der Waals surface area (Å²) in [5.41, 5.74) is 8.26. The molecule has 0 aliphatic heterocycles. The molecule has 5 heteroatoms. The lowest BCUT2D eigenvalue weighted by atomic mass is 10.0. The van der Waals surface area contributed by atoms with Crippen LogP contribution in [0.15, 0.2) is 24.3 Å². The molecule has 2 N–H and O–H groups in total. The van der Waals surface area contributed by atoms with Crippen LogP contribution in [-0.4, -0.2) is 16.9 Å². The van der Waals surface area contributed by atoms with E-state index in [-0.39, 0.29) is 0 Å². The van der Waals surface area contributed by atoms with Crippen molar-refractivity contribution in [1.29, 1.82) is 5.26 Å². The van der Waals surface area contributed by atoms with Gasteiger partial charge < -0.3 is 10.5 Å². The van der Waals surface area contributed by atoms with Gasteiger partial charge >= 0.3 is 0 Å². The third-order valence-electron chi connectivity index (χ3n) is 4.12. The molecule has 1 fully saturated rings. The molecule has 1 saturated carbocycles. The van der Waals surface area contributed by atoms with Gasteiger partial charge in [0, 0.05) is 5.92 Å². The Morgan fingerprint density at radius 3 is 2.71 bits per heavy atom. The van der Waals surface area contributed by atoms with Crippen LogP contribution in [0.3, 0.4) is 0 Å². The molecule has 0 spiro atoms. The minimum atomic E-state index is 0.345. The first kappa shape index (κ1) is 13.5. The zero-order valence-corrected chi connectivity index (χ0v) is 12.0. The van der Waals surface area contributed by atoms with Gasteiger partial charge in [0.15, 0.2) is 0 Å². The third-order valence-corrected chi connectivity index (χ3v) is 4.12. The Bertz CT molecular complexity index is 693. The predicted molar refractivity (Wildman–Crippen MR) is 80.5 cm³/mol. The lowest BCUT2D eigenvalue weighted by molar-refractivity contribution is 0.411. The number of nitrogens with two attached hydrogens (primary N) is 1. The number of nitrogens with zero attached hydrogens (tertiary/aromatic N) is 3. The molecule has 1 aliphatic carbocycles. The molecule has 0 amide bonds. The Labute approximate surface area is 123 Å². The molecule has 5 nitrogen and oxygen atoms in total. The fourth-order valence-corrected chi connectivity index (χ4v) is 3.04. The van der Waals surface area contributed by atoms with Crippen LogP contribution in [0, 0.1) is 11.3 Å². The van der Waals surface area contributed by atoms with E-state index in [2.05, 4.69) is 11.2 Å². The van der Waals surface area contributed by atoms with E-state index in [1.54, 1.807) is 11.8 Å². The number of nitrogen functional groups attached to an aromatic ring is 1. The fourth-order valence-electron chi connectivity index (χ4n) is 3.04. The maximum Gasteiger partial charge on any atom is 0.145 e. The van der Waals surface area contributed by atoms with E-state index in [1.165, 1.54) is 12.8 Å². The van der Waals surface area contributed by atoms with Gasteiger partial charge in [-0.3, -0.25) is 0 Å². The number of rotatable bonds is 3. The van der Waals surface area contributed by atoms with E-state index in [0.717, 1.165) is 24.2 Å². The molecule has 1 aromatic carbocycles. The fraction of sp³-hybridized carbons (Fsp3) is 0.375. The summed E-state index contributed by atoms with van der Waals surface area (Å²) in [7, 11) is 1.61. The van der Waals surface area contributed by atoms with Gasteiger partial charge in [0.2, 0.25) is 0 Å². The summed E-state index contributed by atoms with van der Waals surface area (Å²) < 4.78 is 6.99. The summed E-state index contributed by atoms with van der Waals surface area (Å²) >= 11 is 0. The number of anilines is 1. The Morgan fingerprint density at radius 1 is 1.33 bits per heavy atom. The zero-order chi connectivity index (χ0) is 14.8. The number of benzene rings is 1. The zero-order valence-electron chi connectivity index (χ0n) is 12.0. The Morgan fingerprint density at radius 2 is 2.05 bits per heavy atom. The second-order valence-electron chi connectivity index (χ2n) is 5.32. The number of aromatic nitrogens is 2. The van der Waals surface area contributed by atoms with Gasteiger partial charge in [0.25, 0.3) is 0 Å². The van der Waals surface area contributed by atoms with E-state index < -0.39 is 0 Å². The molecule has 0 saturated heterocycles. The molecule has 21 heavy (non-hydrogen) atoms. The molecule has 108 valence electrons. The molecule has 0 unspecified atom stereocenters. The standard InChI is InChI=1S/C16H18N4O/c1-21-14-9-5-4-8-13(14)20-16(18)12(10-17)15(19-20)11-6-2-3-7-11/h4-5,8-9,11H,2-3,6-7,18H2,1H3. The summed E-state index contributed by atoms with van der Waals surface area (Å²) in [6.07, 6.45) is 4.54. The number of para-hydroxylation sites is 2. The van der Waals surface area contributed by atoms with Gasteiger partial charge in [-0.2, -0.15) is 10.4 Å². The van der Waals surface area contributed by atoms with Gasteiger partial charge in [-0.1, -0.05) is 25.0 Å². The van der Waals surface area contributed by atoms with E-state index in [0.29, 0.717) is 23.0 Å². The summed E-state index contributed by atoms with van der Waals surface area (Å²) in [6, 6.07) is 9.77. The second kappa shape index (κ2) is 5.49. The highest BCUT2D eigenvalue weighted by atomic mass is 16.5. The van der Waals surface area contributed by atoms with Crippen molar-refractivity contribution in [3.63, 3.8) is 0 Å². The smallest absolute Gasteiger partial charge is 0.145 e. The first-order valence-corrected chi connectivity index (χ1v) is 7.18. The number of nitriles is 1. The molecule has 1 heterocycles. The molecule has 1 aromatic heterocycles. The maximum absolute atomic E-state index is 9.43. The van der Waals surface area contributed by atoms with E-state index in [9.17, 15) is 5.26 Å². The Kier molecular flexibility index (Phi) is 3.53. The summed E-state index contributed by atoms with van der Waals surface area (Å²) in [4.78, 5) is 0. The highest BCUT2D eigenvalue weighted by molar-refractivity contribution is 5.59. The molecular weight excluding hydrogens is 264 g/mol.